The first kappa shape index (κ1) is 33.2. The van der Waals surface area contributed by atoms with Crippen LogP contribution in [0, 0.1) is 0 Å². The molecule has 0 aromatic heterocycles. The van der Waals surface area contributed by atoms with Crippen LogP contribution in [0.4, 0.5) is 0 Å². The summed E-state index contributed by atoms with van der Waals surface area (Å²) in [6.07, 6.45) is 26.2. The van der Waals surface area contributed by atoms with E-state index in [1.165, 1.54) is 109 Å². The van der Waals surface area contributed by atoms with E-state index in [0.717, 1.165) is 12.8 Å². The first-order valence-corrected chi connectivity index (χ1v) is 14.4. The Morgan fingerprint density at radius 1 is 0.645 bits per heavy atom. The second-order valence-corrected chi connectivity index (χ2v) is 9.66. The molecule has 7 heteroatoms. The van der Waals surface area contributed by atoms with E-state index in [-0.39, 0.29) is 13.2 Å². The number of hydrogen-bond acceptors (Lipinski definition) is 6. The van der Waals surface area contributed by atoms with Crippen molar-refractivity contribution in [1.82, 2.24) is 0 Å². The highest BCUT2D eigenvalue weighted by Crippen LogP contribution is 2.24. The van der Waals surface area contributed by atoms with Gasteiger partial charge in [-0.25, -0.2) is 0 Å². The van der Waals surface area contributed by atoms with Crippen molar-refractivity contribution in [2.45, 2.75) is 135 Å². The van der Waals surface area contributed by atoms with E-state index in [1.54, 1.807) is 0 Å². The van der Waals surface area contributed by atoms with Crippen LogP contribution in [0.15, 0.2) is 0 Å². The first-order chi connectivity index (χ1) is 15.0. The van der Waals surface area contributed by atoms with E-state index in [4.69, 9.17) is 10.8 Å². The standard InChI is InChI=1S/C22H47O4P.C2H7NO/c1-2-3-4-5-6-7-8-9-10-11-12-13-14-15-16-17-18-19-20-21-22-26-27(23,24)25;3-1-2-4/h2-22H2,1H3,(H2,23,24,25);4H,1-3H2/p-2. The van der Waals surface area contributed by atoms with Gasteiger partial charge >= 0.3 is 0 Å². The lowest BCUT2D eigenvalue weighted by Crippen LogP contribution is -2.16. The van der Waals surface area contributed by atoms with Crippen LogP contribution in [-0.4, -0.2) is 24.9 Å². The molecule has 31 heavy (non-hydrogen) atoms. The van der Waals surface area contributed by atoms with E-state index in [2.05, 4.69) is 11.4 Å². The summed E-state index contributed by atoms with van der Waals surface area (Å²) in [7, 11) is -4.76. The van der Waals surface area contributed by atoms with Crippen LogP contribution in [0.2, 0.25) is 0 Å². The third-order valence-electron chi connectivity index (χ3n) is 5.38. The van der Waals surface area contributed by atoms with E-state index < -0.39 is 7.82 Å². The number of phosphoric ester groups is 1. The molecule has 0 saturated carbocycles. The van der Waals surface area contributed by atoms with Crippen LogP contribution < -0.4 is 15.5 Å². The van der Waals surface area contributed by atoms with Gasteiger partial charge in [-0.3, -0.25) is 0 Å². The van der Waals surface area contributed by atoms with Gasteiger partial charge in [-0.1, -0.05) is 129 Å². The molecule has 0 aliphatic rings. The normalized spacial score (nSPS) is 11.4. The molecule has 0 saturated heterocycles. The molecule has 190 valence electrons. The number of rotatable bonds is 23. The van der Waals surface area contributed by atoms with Crippen molar-refractivity contribution in [3.8, 4) is 0 Å². The molecule has 0 aromatic carbocycles. The average molecular weight is 466 g/mol. The van der Waals surface area contributed by atoms with Gasteiger partial charge in [0.15, 0.2) is 0 Å². The molecular formula is C24H52NO5P-2. The van der Waals surface area contributed by atoms with Crippen LogP contribution in [-0.2, 0) is 9.09 Å². The van der Waals surface area contributed by atoms with Gasteiger partial charge in [-0.15, -0.1) is 0 Å². The quantitative estimate of drug-likeness (QED) is 0.150. The highest BCUT2D eigenvalue weighted by molar-refractivity contribution is 7.43. The van der Waals surface area contributed by atoms with Gasteiger partial charge in [0.05, 0.1) is 21.0 Å². The monoisotopic (exact) mass is 465 g/mol. The topological polar surface area (TPSA) is 119 Å². The van der Waals surface area contributed by atoms with Crippen molar-refractivity contribution in [2.24, 2.45) is 5.73 Å². The molecule has 0 rings (SSSR count). The smallest absolute Gasteiger partial charge is 0.0596 e. The fourth-order valence-corrected chi connectivity index (χ4v) is 3.89. The van der Waals surface area contributed by atoms with Crippen LogP contribution in [0.25, 0.3) is 0 Å². The van der Waals surface area contributed by atoms with Gasteiger partial charge in [0.2, 0.25) is 0 Å². The van der Waals surface area contributed by atoms with E-state index in [0.29, 0.717) is 13.0 Å². The summed E-state index contributed by atoms with van der Waals surface area (Å²) >= 11 is 0. The summed E-state index contributed by atoms with van der Waals surface area (Å²) in [5, 5.41) is 7.75. The van der Waals surface area contributed by atoms with E-state index in [1.807, 2.05) is 0 Å². The van der Waals surface area contributed by atoms with Crippen molar-refractivity contribution in [1.29, 1.82) is 0 Å². The molecule has 0 spiro atoms. The number of aliphatic hydroxyl groups is 1. The molecule has 3 N–H and O–H groups in total. The fourth-order valence-electron chi connectivity index (χ4n) is 3.53. The van der Waals surface area contributed by atoms with Crippen molar-refractivity contribution in [2.75, 3.05) is 19.8 Å². The van der Waals surface area contributed by atoms with Gasteiger partial charge in [0, 0.05) is 6.54 Å². The average Bonchev–Trinajstić information content (AvgIpc) is 2.74. The fraction of sp³-hybridized carbons (Fsp3) is 1.00. The molecule has 0 aliphatic carbocycles. The minimum absolute atomic E-state index is 0.0449. The maximum atomic E-state index is 10.3. The zero-order chi connectivity index (χ0) is 23.5. The third-order valence-corrected chi connectivity index (χ3v) is 5.88. The number of hydrogen-bond donors (Lipinski definition) is 2. The Kier molecular flexibility index (Phi) is 30.1. The number of phosphoric acid groups is 1. The zero-order valence-corrected chi connectivity index (χ0v) is 21.3. The van der Waals surface area contributed by atoms with Crippen LogP contribution >= 0.6 is 7.82 Å². The Labute approximate surface area is 193 Å². The zero-order valence-electron chi connectivity index (χ0n) is 20.4. The Morgan fingerprint density at radius 2 is 0.903 bits per heavy atom. The van der Waals surface area contributed by atoms with Crippen molar-refractivity contribution in [3.63, 3.8) is 0 Å². The molecule has 6 nitrogen and oxygen atoms in total. The van der Waals surface area contributed by atoms with Gasteiger partial charge in [-0.05, 0) is 6.42 Å². The lowest BCUT2D eigenvalue weighted by Gasteiger charge is -2.28. The summed E-state index contributed by atoms with van der Waals surface area (Å²) in [4.78, 5) is 20.6. The largest absolute Gasteiger partial charge is 0.790 e. The van der Waals surface area contributed by atoms with Crippen molar-refractivity contribution in [3.05, 3.63) is 0 Å². The van der Waals surface area contributed by atoms with Crippen molar-refractivity contribution < 1.29 is 24.0 Å². The van der Waals surface area contributed by atoms with Gasteiger partial charge in [0.25, 0.3) is 0 Å². The molecule has 0 heterocycles. The summed E-state index contributed by atoms with van der Waals surface area (Å²) in [6.45, 7) is 2.79. The molecular weight excluding hydrogens is 413 g/mol. The first-order valence-electron chi connectivity index (χ1n) is 13.0. The molecule has 0 radical (unpaired) electrons. The lowest BCUT2D eigenvalue weighted by molar-refractivity contribution is -0.341. The summed E-state index contributed by atoms with van der Waals surface area (Å²) < 4.78 is 14.5. The highest BCUT2D eigenvalue weighted by atomic mass is 31.2. The number of unbranched alkanes of at least 4 members (excludes halogenated alkanes) is 19. The maximum Gasteiger partial charge on any atom is 0.0596 e. The van der Waals surface area contributed by atoms with Crippen LogP contribution in [0.5, 0.6) is 0 Å². The van der Waals surface area contributed by atoms with Crippen LogP contribution in [0.3, 0.4) is 0 Å². The molecule has 0 amide bonds. The Hall–Kier alpha value is 0.0300. The maximum absolute atomic E-state index is 10.3. The molecule has 0 aromatic rings. The van der Waals surface area contributed by atoms with E-state index in [9.17, 15) is 14.4 Å². The second-order valence-electron chi connectivity index (χ2n) is 8.51. The summed E-state index contributed by atoms with van der Waals surface area (Å²) in [5.41, 5.74) is 4.78. The lowest BCUT2D eigenvalue weighted by atomic mass is 10.0. The SMILES string of the molecule is CCCCCCCCCCCCCCCCCCCCCCOP(=O)([O-])[O-].NCCO. The highest BCUT2D eigenvalue weighted by Gasteiger charge is 1.96. The minimum Gasteiger partial charge on any atom is -0.790 e. The molecule has 0 bridgehead atoms. The summed E-state index contributed by atoms with van der Waals surface area (Å²) in [6, 6.07) is 0. The predicted octanol–water partition coefficient (Wildman–Crippen LogP) is 5.59. The van der Waals surface area contributed by atoms with Gasteiger partial charge in [-0.2, -0.15) is 0 Å². The number of aliphatic hydroxyl groups excluding tert-OH is 1. The second kappa shape index (κ2) is 28.1. The Balaban J connectivity index is 0. The predicted molar refractivity (Wildman–Crippen MR) is 128 cm³/mol. The third kappa shape index (κ3) is 37.7. The Bertz CT molecular complexity index is 364. The molecule has 0 unspecified atom stereocenters. The Morgan fingerprint density at radius 3 is 1.13 bits per heavy atom. The minimum atomic E-state index is -4.76. The van der Waals surface area contributed by atoms with Gasteiger partial charge < -0.3 is 29.7 Å². The van der Waals surface area contributed by atoms with E-state index >= 15 is 0 Å². The van der Waals surface area contributed by atoms with Gasteiger partial charge in [0.1, 0.15) is 0 Å². The van der Waals surface area contributed by atoms with Crippen molar-refractivity contribution >= 4 is 7.82 Å². The molecule has 0 aliphatic heterocycles. The number of nitrogens with two attached hydrogens (primary N) is 1. The van der Waals surface area contributed by atoms with Crippen LogP contribution in [0.1, 0.15) is 135 Å². The molecule has 0 fully saturated rings. The summed E-state index contributed by atoms with van der Waals surface area (Å²) in [5.74, 6) is 0. The molecule has 0 atom stereocenters.